The first kappa shape index (κ1) is 13.1. The minimum atomic E-state index is -0.359. The minimum absolute atomic E-state index is 0.134. The van der Waals surface area contributed by atoms with Gasteiger partial charge in [-0.25, -0.2) is 0 Å². The molecule has 2 aromatic rings. The average Bonchev–Trinajstić information content (AvgIpc) is 2.29. The number of aromatic hydroxyl groups is 1. The Labute approximate surface area is 110 Å². The molecule has 0 amide bonds. The van der Waals surface area contributed by atoms with Gasteiger partial charge in [0.15, 0.2) is 0 Å². The summed E-state index contributed by atoms with van der Waals surface area (Å²) in [7, 11) is 0. The molecule has 100 valence electrons. The molecule has 0 unspecified atom stereocenters. The van der Waals surface area contributed by atoms with Gasteiger partial charge in [-0.2, -0.15) is 4.98 Å². The number of ether oxygens (including phenoxy) is 1. The zero-order valence-electron chi connectivity index (χ0n) is 10.9. The Morgan fingerprint density at radius 3 is 2.58 bits per heavy atom. The summed E-state index contributed by atoms with van der Waals surface area (Å²) in [6.45, 7) is 3.94. The molecule has 0 aliphatic heterocycles. The summed E-state index contributed by atoms with van der Waals surface area (Å²) in [4.78, 5) is 17.7. The third kappa shape index (κ3) is 3.84. The van der Waals surface area contributed by atoms with Crippen LogP contribution < -0.4 is 10.3 Å². The molecule has 0 atom stereocenters. The lowest BCUT2D eigenvalue weighted by atomic mass is 10.1. The van der Waals surface area contributed by atoms with Gasteiger partial charge in [0.1, 0.15) is 11.6 Å². The van der Waals surface area contributed by atoms with Crippen LogP contribution in [-0.2, 0) is 6.42 Å². The molecule has 1 aromatic carbocycles. The fourth-order valence-corrected chi connectivity index (χ4v) is 1.73. The summed E-state index contributed by atoms with van der Waals surface area (Å²) in [5, 5.41) is 9.26. The number of hydrogen-bond acceptors (Lipinski definition) is 4. The summed E-state index contributed by atoms with van der Waals surface area (Å²) in [5.74, 6) is 0.970. The van der Waals surface area contributed by atoms with Gasteiger partial charge in [-0.15, -0.1) is 0 Å². The van der Waals surface area contributed by atoms with Gasteiger partial charge in [0, 0.05) is 6.42 Å². The predicted molar refractivity (Wildman–Crippen MR) is 71.5 cm³/mol. The van der Waals surface area contributed by atoms with Gasteiger partial charge in [-0.1, -0.05) is 12.1 Å². The van der Waals surface area contributed by atoms with Gasteiger partial charge < -0.3 is 14.8 Å². The van der Waals surface area contributed by atoms with E-state index in [4.69, 9.17) is 4.74 Å². The van der Waals surface area contributed by atoms with Crippen LogP contribution in [0, 0.1) is 0 Å². The second kappa shape index (κ2) is 5.56. The van der Waals surface area contributed by atoms with Gasteiger partial charge in [0.2, 0.25) is 5.88 Å². The Morgan fingerprint density at radius 1 is 1.32 bits per heavy atom. The molecule has 5 heteroatoms. The maximum atomic E-state index is 11.2. The van der Waals surface area contributed by atoms with Gasteiger partial charge in [-0.05, 0) is 31.5 Å². The lowest BCUT2D eigenvalue weighted by Gasteiger charge is -2.10. The lowest BCUT2D eigenvalue weighted by Crippen LogP contribution is -2.10. The summed E-state index contributed by atoms with van der Waals surface area (Å²) in [5.41, 5.74) is 0.618. The SMILES string of the molecule is CC(C)Oc1ccc(Cc2nc(O)cc(=O)[nH]2)cc1. The topological polar surface area (TPSA) is 75.2 Å². The van der Waals surface area contributed by atoms with E-state index in [0.29, 0.717) is 12.2 Å². The van der Waals surface area contributed by atoms with Crippen molar-refractivity contribution in [1.82, 2.24) is 9.97 Å². The first-order chi connectivity index (χ1) is 9.02. The number of nitrogens with one attached hydrogen (secondary N) is 1. The number of hydrogen-bond donors (Lipinski definition) is 2. The molecular weight excluding hydrogens is 244 g/mol. The highest BCUT2D eigenvalue weighted by Crippen LogP contribution is 2.15. The Balaban J connectivity index is 2.12. The molecule has 2 rings (SSSR count). The van der Waals surface area contributed by atoms with E-state index in [0.717, 1.165) is 17.4 Å². The third-order valence-corrected chi connectivity index (χ3v) is 2.44. The summed E-state index contributed by atoms with van der Waals surface area (Å²) in [6.07, 6.45) is 0.584. The molecule has 0 aliphatic carbocycles. The minimum Gasteiger partial charge on any atom is -0.493 e. The first-order valence-electron chi connectivity index (χ1n) is 6.08. The molecule has 0 fully saturated rings. The lowest BCUT2D eigenvalue weighted by molar-refractivity contribution is 0.242. The highest BCUT2D eigenvalue weighted by atomic mass is 16.5. The van der Waals surface area contributed by atoms with E-state index < -0.39 is 0 Å². The highest BCUT2D eigenvalue weighted by Gasteiger charge is 2.03. The molecule has 0 spiro atoms. The third-order valence-electron chi connectivity index (χ3n) is 2.44. The van der Waals surface area contributed by atoms with E-state index in [1.807, 2.05) is 38.1 Å². The molecule has 0 radical (unpaired) electrons. The van der Waals surface area contributed by atoms with E-state index in [-0.39, 0.29) is 17.5 Å². The average molecular weight is 260 g/mol. The van der Waals surface area contributed by atoms with E-state index in [1.165, 1.54) is 0 Å². The van der Waals surface area contributed by atoms with Crippen molar-refractivity contribution in [3.63, 3.8) is 0 Å². The van der Waals surface area contributed by atoms with E-state index in [9.17, 15) is 9.90 Å². The normalized spacial score (nSPS) is 10.7. The van der Waals surface area contributed by atoms with Crippen LogP contribution in [0.15, 0.2) is 35.1 Å². The molecule has 19 heavy (non-hydrogen) atoms. The van der Waals surface area contributed by atoms with Crippen molar-refractivity contribution in [3.8, 4) is 11.6 Å². The highest BCUT2D eigenvalue weighted by molar-refractivity contribution is 5.29. The molecule has 5 nitrogen and oxygen atoms in total. The van der Waals surface area contributed by atoms with Gasteiger partial charge in [0.25, 0.3) is 5.56 Å². The maximum absolute atomic E-state index is 11.2. The number of benzene rings is 1. The van der Waals surface area contributed by atoms with E-state index in [1.54, 1.807) is 0 Å². The fourth-order valence-electron chi connectivity index (χ4n) is 1.73. The number of nitrogens with zero attached hydrogens (tertiary/aromatic N) is 1. The van der Waals surface area contributed by atoms with Crippen LogP contribution in [0.25, 0.3) is 0 Å². The van der Waals surface area contributed by atoms with Crippen molar-refractivity contribution in [1.29, 1.82) is 0 Å². The molecule has 1 aromatic heterocycles. The zero-order valence-corrected chi connectivity index (χ0v) is 10.9. The Hall–Kier alpha value is -2.30. The largest absolute Gasteiger partial charge is 0.493 e. The number of aromatic nitrogens is 2. The molecule has 0 aliphatic rings. The van der Waals surface area contributed by atoms with Crippen LogP contribution in [0.5, 0.6) is 11.6 Å². The van der Waals surface area contributed by atoms with Gasteiger partial charge in [0.05, 0.1) is 12.2 Å². The van der Waals surface area contributed by atoms with Crippen molar-refractivity contribution in [2.75, 3.05) is 0 Å². The van der Waals surface area contributed by atoms with Crippen LogP contribution in [0.3, 0.4) is 0 Å². The van der Waals surface area contributed by atoms with Crippen molar-refractivity contribution in [2.45, 2.75) is 26.4 Å². The second-order valence-electron chi connectivity index (χ2n) is 4.54. The molecule has 1 heterocycles. The molecule has 0 saturated carbocycles. The second-order valence-corrected chi connectivity index (χ2v) is 4.54. The van der Waals surface area contributed by atoms with Crippen LogP contribution in [-0.4, -0.2) is 21.2 Å². The molecule has 0 saturated heterocycles. The Morgan fingerprint density at radius 2 is 2.00 bits per heavy atom. The molecule has 0 bridgehead atoms. The smallest absolute Gasteiger partial charge is 0.254 e. The maximum Gasteiger partial charge on any atom is 0.254 e. The predicted octanol–water partition coefficient (Wildman–Crippen LogP) is 1.85. The van der Waals surface area contributed by atoms with E-state index >= 15 is 0 Å². The van der Waals surface area contributed by atoms with E-state index in [2.05, 4.69) is 9.97 Å². The van der Waals surface area contributed by atoms with Crippen molar-refractivity contribution >= 4 is 0 Å². The standard InChI is InChI=1S/C14H16N2O3/c1-9(2)19-11-5-3-10(4-6-11)7-12-15-13(17)8-14(18)16-12/h3-6,8-9H,7H2,1-2H3,(H2,15,16,17,18). The van der Waals surface area contributed by atoms with Crippen LogP contribution >= 0.6 is 0 Å². The summed E-state index contributed by atoms with van der Waals surface area (Å²) in [6, 6.07) is 8.60. The van der Waals surface area contributed by atoms with Crippen molar-refractivity contribution < 1.29 is 9.84 Å². The van der Waals surface area contributed by atoms with Crippen molar-refractivity contribution in [2.24, 2.45) is 0 Å². The number of aromatic amines is 1. The monoisotopic (exact) mass is 260 g/mol. The Kier molecular flexibility index (Phi) is 3.85. The zero-order chi connectivity index (χ0) is 13.8. The molecular formula is C14H16N2O3. The number of rotatable bonds is 4. The first-order valence-corrected chi connectivity index (χ1v) is 6.08. The summed E-state index contributed by atoms with van der Waals surface area (Å²) < 4.78 is 5.54. The fraction of sp³-hybridized carbons (Fsp3) is 0.286. The van der Waals surface area contributed by atoms with Crippen molar-refractivity contribution in [3.05, 3.63) is 52.1 Å². The number of H-pyrrole nitrogens is 1. The van der Waals surface area contributed by atoms with Gasteiger partial charge >= 0.3 is 0 Å². The van der Waals surface area contributed by atoms with Gasteiger partial charge in [-0.3, -0.25) is 4.79 Å². The molecule has 2 N–H and O–H groups in total. The quantitative estimate of drug-likeness (QED) is 0.879. The summed E-state index contributed by atoms with van der Waals surface area (Å²) >= 11 is 0. The van der Waals surface area contributed by atoms with Crippen LogP contribution in [0.1, 0.15) is 25.2 Å². The van der Waals surface area contributed by atoms with Crippen LogP contribution in [0.4, 0.5) is 0 Å². The van der Waals surface area contributed by atoms with Crippen LogP contribution in [0.2, 0.25) is 0 Å². The Bertz CT molecular complexity index is 603.